The number of aromatic nitrogens is 2. The van der Waals surface area contributed by atoms with Gasteiger partial charge < -0.3 is 14.6 Å². The molecule has 5 heteroatoms. The highest BCUT2D eigenvalue weighted by Gasteiger charge is 2.18. The zero-order chi connectivity index (χ0) is 13.1. The molecule has 1 unspecified atom stereocenters. The first kappa shape index (κ1) is 12.2. The van der Waals surface area contributed by atoms with E-state index in [0.29, 0.717) is 6.42 Å². The summed E-state index contributed by atoms with van der Waals surface area (Å²) in [5, 5.41) is 12.3. The number of benzene rings is 1. The van der Waals surface area contributed by atoms with Crippen LogP contribution in [-0.2, 0) is 17.7 Å². The van der Waals surface area contributed by atoms with Gasteiger partial charge in [-0.2, -0.15) is 5.26 Å². The molecule has 1 aliphatic heterocycles. The second-order valence-corrected chi connectivity index (χ2v) is 4.66. The summed E-state index contributed by atoms with van der Waals surface area (Å²) in [6, 6.07) is 10.2. The molecule has 1 saturated heterocycles. The summed E-state index contributed by atoms with van der Waals surface area (Å²) in [5.74, 6) is 0.817. The number of hydrogen-bond donors (Lipinski definition) is 1. The van der Waals surface area contributed by atoms with Gasteiger partial charge in [-0.15, -0.1) is 0 Å². The predicted molar refractivity (Wildman–Crippen MR) is 71.7 cm³/mol. The quantitative estimate of drug-likeness (QED) is 0.893. The fraction of sp³-hybridized carbons (Fsp3) is 0.429. The Morgan fingerprint density at radius 1 is 1.47 bits per heavy atom. The Bertz CT molecular complexity index is 607. The fourth-order valence-electron chi connectivity index (χ4n) is 2.48. The highest BCUT2D eigenvalue weighted by atomic mass is 16.5. The summed E-state index contributed by atoms with van der Waals surface area (Å²) >= 11 is 0. The molecule has 1 aromatic carbocycles. The van der Waals surface area contributed by atoms with E-state index >= 15 is 0 Å². The van der Waals surface area contributed by atoms with Crippen LogP contribution in [0.15, 0.2) is 24.3 Å². The van der Waals surface area contributed by atoms with Gasteiger partial charge in [0.1, 0.15) is 5.82 Å². The van der Waals surface area contributed by atoms with E-state index in [0.717, 1.165) is 43.1 Å². The molecule has 3 rings (SSSR count). The third-order valence-electron chi connectivity index (χ3n) is 3.36. The van der Waals surface area contributed by atoms with Crippen molar-refractivity contribution >= 4 is 11.0 Å². The van der Waals surface area contributed by atoms with Crippen LogP contribution in [0.25, 0.3) is 11.0 Å². The van der Waals surface area contributed by atoms with Crippen molar-refractivity contribution in [2.24, 2.45) is 0 Å². The van der Waals surface area contributed by atoms with Gasteiger partial charge in [0.25, 0.3) is 0 Å². The first-order valence-corrected chi connectivity index (χ1v) is 6.52. The van der Waals surface area contributed by atoms with E-state index in [4.69, 9.17) is 10.00 Å². The van der Waals surface area contributed by atoms with Crippen molar-refractivity contribution in [3.05, 3.63) is 30.1 Å². The molecule has 0 bridgehead atoms. The first-order valence-electron chi connectivity index (χ1n) is 6.52. The Balaban J connectivity index is 1.95. The zero-order valence-electron chi connectivity index (χ0n) is 10.7. The van der Waals surface area contributed by atoms with Gasteiger partial charge in [0, 0.05) is 13.1 Å². The van der Waals surface area contributed by atoms with Crippen molar-refractivity contribution in [2.45, 2.75) is 19.1 Å². The maximum atomic E-state index is 8.93. The lowest BCUT2D eigenvalue weighted by atomic mass is 10.2. The van der Waals surface area contributed by atoms with E-state index in [1.165, 1.54) is 0 Å². The SMILES string of the molecule is N#CCc1nc2ccccc2n1CC1CNCCO1. The summed E-state index contributed by atoms with van der Waals surface area (Å²) in [5.41, 5.74) is 2.01. The minimum absolute atomic E-state index is 0.142. The lowest BCUT2D eigenvalue weighted by molar-refractivity contribution is 0.0185. The summed E-state index contributed by atoms with van der Waals surface area (Å²) in [7, 11) is 0. The summed E-state index contributed by atoms with van der Waals surface area (Å²) in [6.45, 7) is 3.24. The summed E-state index contributed by atoms with van der Waals surface area (Å²) < 4.78 is 7.85. The van der Waals surface area contributed by atoms with Crippen molar-refractivity contribution in [3.8, 4) is 6.07 Å². The Kier molecular flexibility index (Phi) is 3.45. The zero-order valence-corrected chi connectivity index (χ0v) is 10.7. The highest BCUT2D eigenvalue weighted by molar-refractivity contribution is 5.76. The number of morpholine rings is 1. The molecule has 0 aliphatic carbocycles. The molecular formula is C14H16N4O. The largest absolute Gasteiger partial charge is 0.374 e. The lowest BCUT2D eigenvalue weighted by Crippen LogP contribution is -2.40. The number of rotatable bonds is 3. The fourth-order valence-corrected chi connectivity index (χ4v) is 2.48. The van der Waals surface area contributed by atoms with Gasteiger partial charge in [-0.05, 0) is 12.1 Å². The van der Waals surface area contributed by atoms with Crippen LogP contribution in [0.4, 0.5) is 0 Å². The molecule has 0 spiro atoms. The van der Waals surface area contributed by atoms with Crippen LogP contribution in [0.5, 0.6) is 0 Å². The Morgan fingerprint density at radius 3 is 3.16 bits per heavy atom. The van der Waals surface area contributed by atoms with Gasteiger partial charge in [0.2, 0.25) is 0 Å². The van der Waals surface area contributed by atoms with Crippen molar-refractivity contribution in [3.63, 3.8) is 0 Å². The average Bonchev–Trinajstić information content (AvgIpc) is 2.79. The second-order valence-electron chi connectivity index (χ2n) is 4.66. The monoisotopic (exact) mass is 256 g/mol. The molecule has 5 nitrogen and oxygen atoms in total. The Hall–Kier alpha value is -1.90. The van der Waals surface area contributed by atoms with Gasteiger partial charge >= 0.3 is 0 Å². The molecule has 2 heterocycles. The standard InChI is InChI=1S/C14H16N4O/c15-6-5-14-17-12-3-1-2-4-13(12)18(14)10-11-9-16-7-8-19-11/h1-4,11,16H,5,7-10H2. The lowest BCUT2D eigenvalue weighted by Gasteiger charge is -2.24. The maximum Gasteiger partial charge on any atom is 0.124 e. The molecule has 98 valence electrons. The minimum Gasteiger partial charge on any atom is -0.374 e. The summed E-state index contributed by atoms with van der Waals surface area (Å²) in [4.78, 5) is 4.53. The second kappa shape index (κ2) is 5.39. The van der Waals surface area contributed by atoms with Crippen molar-refractivity contribution in [2.75, 3.05) is 19.7 Å². The maximum absolute atomic E-state index is 8.93. The molecule has 0 saturated carbocycles. The van der Waals surface area contributed by atoms with E-state index in [-0.39, 0.29) is 6.10 Å². The molecule has 19 heavy (non-hydrogen) atoms. The van der Waals surface area contributed by atoms with E-state index in [2.05, 4.69) is 20.9 Å². The van der Waals surface area contributed by atoms with Gasteiger partial charge in [-0.1, -0.05) is 12.1 Å². The smallest absolute Gasteiger partial charge is 0.124 e. The van der Waals surface area contributed by atoms with Crippen molar-refractivity contribution < 1.29 is 4.74 Å². The van der Waals surface area contributed by atoms with Gasteiger partial charge in [-0.25, -0.2) is 4.98 Å². The van der Waals surface area contributed by atoms with Crippen molar-refractivity contribution in [1.29, 1.82) is 5.26 Å². The van der Waals surface area contributed by atoms with Crippen LogP contribution in [0.3, 0.4) is 0 Å². The molecule has 1 aromatic heterocycles. The molecule has 0 radical (unpaired) electrons. The topological polar surface area (TPSA) is 62.9 Å². The highest BCUT2D eigenvalue weighted by Crippen LogP contribution is 2.17. The Morgan fingerprint density at radius 2 is 2.37 bits per heavy atom. The number of nitrogens with zero attached hydrogens (tertiary/aromatic N) is 3. The number of imidazole rings is 1. The molecular weight excluding hydrogens is 240 g/mol. The normalized spacial score (nSPS) is 19.4. The summed E-state index contributed by atoms with van der Waals surface area (Å²) in [6.07, 6.45) is 0.471. The number of ether oxygens (including phenoxy) is 1. The van der Waals surface area contributed by atoms with E-state index < -0.39 is 0 Å². The molecule has 1 N–H and O–H groups in total. The average molecular weight is 256 g/mol. The van der Waals surface area contributed by atoms with Crippen LogP contribution in [0.1, 0.15) is 5.82 Å². The van der Waals surface area contributed by atoms with Crippen molar-refractivity contribution in [1.82, 2.24) is 14.9 Å². The number of para-hydroxylation sites is 2. The molecule has 1 aliphatic rings. The van der Waals surface area contributed by atoms with Crippen LogP contribution >= 0.6 is 0 Å². The van der Waals surface area contributed by atoms with Gasteiger partial charge in [0.15, 0.2) is 0 Å². The first-order chi connectivity index (χ1) is 9.38. The third-order valence-corrected chi connectivity index (χ3v) is 3.36. The van der Waals surface area contributed by atoms with E-state index in [1.807, 2.05) is 24.3 Å². The molecule has 1 fully saturated rings. The minimum atomic E-state index is 0.142. The number of hydrogen-bond acceptors (Lipinski definition) is 4. The molecule has 1 atom stereocenters. The number of nitrogens with one attached hydrogen (secondary N) is 1. The van der Waals surface area contributed by atoms with E-state index in [1.54, 1.807) is 0 Å². The van der Waals surface area contributed by atoms with Gasteiger partial charge in [0.05, 0.1) is 42.8 Å². The van der Waals surface area contributed by atoms with Gasteiger partial charge in [-0.3, -0.25) is 0 Å². The number of fused-ring (bicyclic) bond motifs is 1. The van der Waals surface area contributed by atoms with Crippen LogP contribution in [0.2, 0.25) is 0 Å². The molecule has 2 aromatic rings. The van der Waals surface area contributed by atoms with Crippen LogP contribution < -0.4 is 5.32 Å². The Labute approximate surface area is 111 Å². The van der Waals surface area contributed by atoms with E-state index in [9.17, 15) is 0 Å². The molecule has 0 amide bonds. The number of nitriles is 1. The predicted octanol–water partition coefficient (Wildman–Crippen LogP) is 1.09. The van der Waals surface area contributed by atoms with Crippen LogP contribution in [-0.4, -0.2) is 35.4 Å². The van der Waals surface area contributed by atoms with Crippen LogP contribution in [0, 0.1) is 11.3 Å². The third kappa shape index (κ3) is 2.46.